The van der Waals surface area contributed by atoms with E-state index >= 15 is 0 Å². The molecule has 20 heavy (non-hydrogen) atoms. The summed E-state index contributed by atoms with van der Waals surface area (Å²) in [6.07, 6.45) is 5.37. The van der Waals surface area contributed by atoms with Gasteiger partial charge < -0.3 is 4.90 Å². The number of amides is 1. The maximum Gasteiger partial charge on any atom is 0.264 e. The van der Waals surface area contributed by atoms with Crippen molar-refractivity contribution < 1.29 is 4.79 Å². The molecule has 0 N–H and O–H groups in total. The average Bonchev–Trinajstić information content (AvgIpc) is 2.98. The third kappa shape index (κ3) is 2.20. The number of thioether (sulfide) groups is 1. The van der Waals surface area contributed by atoms with Crippen LogP contribution in [0.25, 0.3) is 0 Å². The molecule has 0 aromatic carbocycles. The van der Waals surface area contributed by atoms with Crippen molar-refractivity contribution in [3.05, 3.63) is 21.4 Å². The van der Waals surface area contributed by atoms with Gasteiger partial charge in [-0.05, 0) is 49.5 Å². The van der Waals surface area contributed by atoms with Gasteiger partial charge in [0.2, 0.25) is 0 Å². The van der Waals surface area contributed by atoms with E-state index in [0.29, 0.717) is 12.1 Å². The van der Waals surface area contributed by atoms with Crippen LogP contribution in [0.1, 0.15) is 45.8 Å². The van der Waals surface area contributed by atoms with Gasteiger partial charge in [-0.2, -0.15) is 11.8 Å². The normalized spacial score (nSPS) is 32.2. The lowest BCUT2D eigenvalue weighted by Gasteiger charge is -2.36. The van der Waals surface area contributed by atoms with Gasteiger partial charge in [0.1, 0.15) is 0 Å². The second kappa shape index (κ2) is 5.22. The molecular formula is C15H18ClNOS2. The summed E-state index contributed by atoms with van der Waals surface area (Å²) >= 11 is 10.0. The molecule has 0 spiro atoms. The lowest BCUT2D eigenvalue weighted by Crippen LogP contribution is -2.46. The Morgan fingerprint density at radius 2 is 2.05 bits per heavy atom. The molecule has 2 saturated heterocycles. The first-order valence-electron chi connectivity index (χ1n) is 7.38. The summed E-state index contributed by atoms with van der Waals surface area (Å²) in [4.78, 5) is 17.4. The summed E-state index contributed by atoms with van der Waals surface area (Å²) in [5.74, 6) is 2.55. The van der Waals surface area contributed by atoms with Gasteiger partial charge in [0, 0.05) is 28.1 Å². The van der Waals surface area contributed by atoms with Crippen molar-refractivity contribution in [1.29, 1.82) is 0 Å². The zero-order valence-electron chi connectivity index (χ0n) is 11.3. The van der Waals surface area contributed by atoms with Crippen LogP contribution in [-0.4, -0.2) is 34.0 Å². The van der Waals surface area contributed by atoms with E-state index in [0.717, 1.165) is 42.7 Å². The van der Waals surface area contributed by atoms with E-state index < -0.39 is 0 Å². The number of aryl methyl sites for hydroxylation is 1. The van der Waals surface area contributed by atoms with Crippen LogP contribution in [0.3, 0.4) is 0 Å². The van der Waals surface area contributed by atoms with Crippen molar-refractivity contribution in [1.82, 2.24) is 4.90 Å². The van der Waals surface area contributed by atoms with Crippen molar-refractivity contribution in [2.75, 3.05) is 5.75 Å². The second-order valence-electron chi connectivity index (χ2n) is 6.03. The summed E-state index contributed by atoms with van der Waals surface area (Å²) in [6, 6.07) is 2.93. The lowest BCUT2D eigenvalue weighted by molar-refractivity contribution is 0.0604. The maximum absolute atomic E-state index is 12.9. The van der Waals surface area contributed by atoms with Gasteiger partial charge in [-0.15, -0.1) is 22.9 Å². The Balaban J connectivity index is 1.60. The molecule has 0 radical (unpaired) electrons. The highest BCUT2D eigenvalue weighted by molar-refractivity contribution is 7.98. The Kier molecular flexibility index (Phi) is 3.52. The average molecular weight is 328 g/mol. The van der Waals surface area contributed by atoms with Crippen molar-refractivity contribution in [2.24, 2.45) is 0 Å². The smallest absolute Gasteiger partial charge is 0.264 e. The third-order valence-electron chi connectivity index (χ3n) is 4.75. The Labute approximate surface area is 132 Å². The van der Waals surface area contributed by atoms with Gasteiger partial charge in [0.05, 0.1) is 4.88 Å². The molecule has 1 amide bonds. The monoisotopic (exact) mass is 327 g/mol. The fraction of sp³-hybridized carbons (Fsp3) is 0.667. The molecule has 1 aromatic rings. The van der Waals surface area contributed by atoms with Crippen LogP contribution in [0.2, 0.25) is 0 Å². The number of carbonyl (C=O) groups excluding carboxylic acids is 1. The van der Waals surface area contributed by atoms with Gasteiger partial charge in [-0.25, -0.2) is 0 Å². The number of piperidine rings is 1. The molecule has 0 saturated carbocycles. The summed E-state index contributed by atoms with van der Waals surface area (Å²) in [6.45, 7) is 0. The van der Waals surface area contributed by atoms with Crippen LogP contribution >= 0.6 is 34.7 Å². The summed E-state index contributed by atoms with van der Waals surface area (Å²) < 4.78 is 0. The third-order valence-corrected chi connectivity index (χ3v) is 7.34. The fourth-order valence-corrected chi connectivity index (χ4v) is 6.55. The first-order chi connectivity index (χ1) is 9.72. The van der Waals surface area contributed by atoms with E-state index in [2.05, 4.69) is 11.0 Å². The number of nitrogens with zero attached hydrogens (tertiary/aromatic N) is 1. The molecule has 2 nitrogen and oxygen atoms in total. The Morgan fingerprint density at radius 3 is 2.75 bits per heavy atom. The standard InChI is InChI=1S/C15H18ClNOS2/c16-10-6-11-1-2-12(7-10)17(11)15(18)14-5-9-8-19-4-3-13(9)20-14/h5,10-12H,1-4,6-8H2. The topological polar surface area (TPSA) is 20.3 Å². The molecule has 2 bridgehead atoms. The molecule has 108 valence electrons. The van der Waals surface area contributed by atoms with Crippen LogP contribution in [0.5, 0.6) is 0 Å². The van der Waals surface area contributed by atoms with E-state index in [1.54, 1.807) is 11.3 Å². The fourth-order valence-electron chi connectivity index (χ4n) is 3.82. The first kappa shape index (κ1) is 13.5. The Hall–Kier alpha value is -0.190. The van der Waals surface area contributed by atoms with E-state index in [1.807, 2.05) is 11.8 Å². The zero-order valence-corrected chi connectivity index (χ0v) is 13.7. The van der Waals surface area contributed by atoms with E-state index in [1.165, 1.54) is 16.2 Å². The van der Waals surface area contributed by atoms with Crippen LogP contribution in [0, 0.1) is 0 Å². The minimum atomic E-state index is 0.268. The first-order valence-corrected chi connectivity index (χ1v) is 9.79. The van der Waals surface area contributed by atoms with Crippen molar-refractivity contribution >= 4 is 40.6 Å². The Bertz CT molecular complexity index is 506. The van der Waals surface area contributed by atoms with Gasteiger partial charge in [-0.3, -0.25) is 4.79 Å². The SMILES string of the molecule is O=C(c1cc2c(s1)CCSC2)N1C2CCC1CC(Cl)C2. The molecule has 2 unspecified atom stereocenters. The Morgan fingerprint density at radius 1 is 1.30 bits per heavy atom. The van der Waals surface area contributed by atoms with Crippen LogP contribution in [-0.2, 0) is 12.2 Å². The number of hydrogen-bond donors (Lipinski definition) is 0. The number of fused-ring (bicyclic) bond motifs is 3. The number of alkyl halides is 1. The number of carbonyl (C=O) groups is 1. The second-order valence-corrected chi connectivity index (χ2v) is 8.89. The molecule has 1 aromatic heterocycles. The van der Waals surface area contributed by atoms with Crippen molar-refractivity contribution in [3.8, 4) is 0 Å². The molecule has 4 heterocycles. The highest BCUT2D eigenvalue weighted by Crippen LogP contribution is 2.40. The lowest BCUT2D eigenvalue weighted by atomic mass is 10.0. The molecule has 5 heteroatoms. The number of rotatable bonds is 1. The molecule has 4 rings (SSSR count). The highest BCUT2D eigenvalue weighted by atomic mass is 35.5. The quantitative estimate of drug-likeness (QED) is 0.729. The molecule has 3 aliphatic heterocycles. The van der Waals surface area contributed by atoms with Gasteiger partial charge in [-0.1, -0.05) is 0 Å². The van der Waals surface area contributed by atoms with Crippen LogP contribution < -0.4 is 0 Å². The molecule has 2 atom stereocenters. The van der Waals surface area contributed by atoms with Gasteiger partial charge in [0.15, 0.2) is 0 Å². The van der Waals surface area contributed by atoms with Crippen molar-refractivity contribution in [3.63, 3.8) is 0 Å². The molecule has 2 fully saturated rings. The van der Waals surface area contributed by atoms with Crippen molar-refractivity contribution in [2.45, 2.75) is 55.3 Å². The van der Waals surface area contributed by atoms with E-state index in [9.17, 15) is 4.79 Å². The maximum atomic E-state index is 12.9. The highest BCUT2D eigenvalue weighted by Gasteiger charge is 2.43. The number of hydrogen-bond acceptors (Lipinski definition) is 3. The van der Waals surface area contributed by atoms with Crippen LogP contribution in [0.4, 0.5) is 0 Å². The molecular weight excluding hydrogens is 310 g/mol. The predicted molar refractivity (Wildman–Crippen MR) is 86.0 cm³/mol. The minimum absolute atomic E-state index is 0.268. The predicted octanol–water partition coefficient (Wildman–Crippen LogP) is 3.91. The summed E-state index contributed by atoms with van der Waals surface area (Å²) in [5, 5.41) is 0.268. The summed E-state index contributed by atoms with van der Waals surface area (Å²) in [7, 11) is 0. The van der Waals surface area contributed by atoms with Crippen LogP contribution in [0.15, 0.2) is 6.07 Å². The summed E-state index contributed by atoms with van der Waals surface area (Å²) in [5.41, 5.74) is 1.40. The minimum Gasteiger partial charge on any atom is -0.332 e. The van der Waals surface area contributed by atoms with Gasteiger partial charge >= 0.3 is 0 Å². The van der Waals surface area contributed by atoms with E-state index in [4.69, 9.17) is 11.6 Å². The molecule has 0 aliphatic carbocycles. The van der Waals surface area contributed by atoms with E-state index in [-0.39, 0.29) is 11.3 Å². The number of thiophene rings is 1. The molecule has 3 aliphatic rings. The largest absolute Gasteiger partial charge is 0.332 e. The van der Waals surface area contributed by atoms with Gasteiger partial charge in [0.25, 0.3) is 5.91 Å². The zero-order chi connectivity index (χ0) is 13.7. The number of halogens is 1.